The van der Waals surface area contributed by atoms with E-state index < -0.39 is 6.61 Å². The molecule has 0 aromatic carbocycles. The molecule has 8 nitrogen and oxygen atoms in total. The van der Waals surface area contributed by atoms with Gasteiger partial charge < -0.3 is 19.7 Å². The van der Waals surface area contributed by atoms with Crippen molar-refractivity contribution in [2.75, 3.05) is 25.5 Å². The van der Waals surface area contributed by atoms with Gasteiger partial charge in [0, 0.05) is 24.6 Å². The summed E-state index contributed by atoms with van der Waals surface area (Å²) in [5.74, 6) is 1.01. The van der Waals surface area contributed by atoms with Gasteiger partial charge in [-0.15, -0.1) is 5.10 Å². The van der Waals surface area contributed by atoms with Crippen molar-refractivity contribution in [3.63, 3.8) is 0 Å². The van der Waals surface area contributed by atoms with Crippen molar-refractivity contribution >= 4 is 11.6 Å². The maximum Gasteiger partial charge on any atom is 0.388 e. The van der Waals surface area contributed by atoms with E-state index in [9.17, 15) is 8.78 Å². The minimum Gasteiger partial charge on any atom is -0.473 e. The zero-order valence-electron chi connectivity index (χ0n) is 15.8. The molecule has 1 saturated heterocycles. The Bertz CT molecular complexity index is 783. The Labute approximate surface area is 156 Å². The molecule has 0 spiro atoms. The van der Waals surface area contributed by atoms with Gasteiger partial charge in [0.2, 0.25) is 11.8 Å². The molecule has 3 rings (SSSR count). The van der Waals surface area contributed by atoms with E-state index in [1.54, 1.807) is 13.1 Å². The largest absolute Gasteiger partial charge is 0.473 e. The Morgan fingerprint density at radius 1 is 1.37 bits per heavy atom. The van der Waals surface area contributed by atoms with E-state index in [4.69, 9.17) is 4.74 Å². The highest BCUT2D eigenvalue weighted by Crippen LogP contribution is 2.32. The van der Waals surface area contributed by atoms with Crippen LogP contribution in [0.25, 0.3) is 0 Å². The van der Waals surface area contributed by atoms with Crippen LogP contribution < -0.4 is 14.8 Å². The number of alkyl halides is 2. The van der Waals surface area contributed by atoms with Gasteiger partial charge in [-0.1, -0.05) is 13.8 Å². The van der Waals surface area contributed by atoms with Gasteiger partial charge in [-0.2, -0.15) is 13.8 Å². The first-order valence-electron chi connectivity index (χ1n) is 8.69. The molecule has 0 radical (unpaired) electrons. The molecule has 0 amide bonds. The summed E-state index contributed by atoms with van der Waals surface area (Å²) in [6, 6.07) is 1.32. The number of halogens is 2. The van der Waals surface area contributed by atoms with E-state index in [1.807, 2.05) is 0 Å². The standard InChI is InChI=1S/C17H24F2N6O2/c1-10-15(21-12-7-13(24-23-12)27-16(18)19)22-14(8-20-10)26-11-5-6-25(4)9-17(11,2)3/h7-8,11,16H,5-6,9H2,1-4H3,(H2,21,22,23,24)/t11-/m0/s1. The van der Waals surface area contributed by atoms with Crippen molar-refractivity contribution in [1.29, 1.82) is 0 Å². The van der Waals surface area contributed by atoms with Crippen LogP contribution in [-0.2, 0) is 0 Å². The number of hydrogen-bond donors (Lipinski definition) is 2. The Kier molecular flexibility index (Phi) is 5.45. The fraction of sp³-hybridized carbons (Fsp3) is 0.588. The summed E-state index contributed by atoms with van der Waals surface area (Å²) in [4.78, 5) is 11.1. The zero-order chi connectivity index (χ0) is 19.6. The summed E-state index contributed by atoms with van der Waals surface area (Å²) in [6.45, 7) is 5.08. The highest BCUT2D eigenvalue weighted by molar-refractivity contribution is 5.55. The van der Waals surface area contributed by atoms with E-state index in [0.29, 0.717) is 23.2 Å². The van der Waals surface area contributed by atoms with Gasteiger partial charge in [-0.25, -0.2) is 0 Å². The van der Waals surface area contributed by atoms with Crippen LogP contribution in [0.4, 0.5) is 20.4 Å². The third kappa shape index (κ3) is 4.82. The Hall–Kier alpha value is -2.49. The second-order valence-corrected chi connectivity index (χ2v) is 7.39. The van der Waals surface area contributed by atoms with Gasteiger partial charge in [0.05, 0.1) is 11.9 Å². The molecule has 10 heteroatoms. The van der Waals surface area contributed by atoms with Crippen LogP contribution in [0, 0.1) is 12.3 Å². The third-order valence-corrected chi connectivity index (χ3v) is 4.54. The number of aromatic amines is 1. The number of rotatable bonds is 6. The molecule has 1 aliphatic heterocycles. The summed E-state index contributed by atoms with van der Waals surface area (Å²) in [5.41, 5.74) is 0.619. The highest BCUT2D eigenvalue weighted by atomic mass is 19.3. The summed E-state index contributed by atoms with van der Waals surface area (Å²) < 4.78 is 34.8. The molecular formula is C17H24F2N6O2. The number of piperidine rings is 1. The van der Waals surface area contributed by atoms with Crippen LogP contribution in [0.5, 0.6) is 11.8 Å². The van der Waals surface area contributed by atoms with Crippen LogP contribution in [0.3, 0.4) is 0 Å². The van der Waals surface area contributed by atoms with Crippen molar-refractivity contribution in [1.82, 2.24) is 25.1 Å². The van der Waals surface area contributed by atoms with E-state index in [-0.39, 0.29) is 17.4 Å². The van der Waals surface area contributed by atoms with Gasteiger partial charge in [-0.3, -0.25) is 10.1 Å². The molecule has 148 valence electrons. The number of aromatic nitrogens is 4. The van der Waals surface area contributed by atoms with Crippen molar-refractivity contribution in [3.05, 3.63) is 18.0 Å². The first-order valence-corrected chi connectivity index (χ1v) is 8.69. The smallest absolute Gasteiger partial charge is 0.388 e. The topological polar surface area (TPSA) is 88.2 Å². The van der Waals surface area contributed by atoms with Crippen LogP contribution >= 0.6 is 0 Å². The monoisotopic (exact) mass is 382 g/mol. The summed E-state index contributed by atoms with van der Waals surface area (Å²) in [7, 11) is 2.10. The lowest BCUT2D eigenvalue weighted by atomic mass is 9.81. The van der Waals surface area contributed by atoms with Crippen molar-refractivity contribution in [3.8, 4) is 11.8 Å². The molecule has 2 N–H and O–H groups in total. The minimum atomic E-state index is -2.93. The number of H-pyrrole nitrogens is 1. The second kappa shape index (κ2) is 7.63. The van der Waals surface area contributed by atoms with Gasteiger partial charge in [0.25, 0.3) is 0 Å². The number of hydrogen-bond acceptors (Lipinski definition) is 7. The average Bonchev–Trinajstić information content (AvgIpc) is 2.99. The lowest BCUT2D eigenvalue weighted by Crippen LogP contribution is -2.49. The number of anilines is 2. The van der Waals surface area contributed by atoms with Gasteiger partial charge in [0.15, 0.2) is 5.82 Å². The zero-order valence-corrected chi connectivity index (χ0v) is 15.8. The molecule has 0 unspecified atom stereocenters. The molecular weight excluding hydrogens is 358 g/mol. The van der Waals surface area contributed by atoms with Gasteiger partial charge in [-0.05, 0) is 20.4 Å². The van der Waals surface area contributed by atoms with Crippen LogP contribution in [0.1, 0.15) is 26.0 Å². The number of aryl methyl sites for hydroxylation is 1. The average molecular weight is 382 g/mol. The predicted octanol–water partition coefficient (Wildman–Crippen LogP) is 2.96. The lowest BCUT2D eigenvalue weighted by molar-refractivity contribution is -0.0528. The van der Waals surface area contributed by atoms with Crippen molar-refractivity contribution in [2.45, 2.75) is 39.9 Å². The predicted molar refractivity (Wildman–Crippen MR) is 95.6 cm³/mol. The normalized spacial score (nSPS) is 19.9. The fourth-order valence-corrected chi connectivity index (χ4v) is 3.22. The van der Waals surface area contributed by atoms with Crippen LogP contribution in [0.15, 0.2) is 12.3 Å². The van der Waals surface area contributed by atoms with E-state index in [0.717, 1.165) is 19.5 Å². The first kappa shape index (κ1) is 19.3. The number of likely N-dealkylation sites (tertiary alicyclic amines) is 1. The molecule has 0 bridgehead atoms. The Morgan fingerprint density at radius 3 is 2.85 bits per heavy atom. The number of nitrogens with zero attached hydrogens (tertiary/aromatic N) is 4. The molecule has 1 aliphatic rings. The molecule has 0 saturated carbocycles. The molecule has 0 aliphatic carbocycles. The Morgan fingerprint density at radius 2 is 2.15 bits per heavy atom. The molecule has 27 heavy (non-hydrogen) atoms. The van der Waals surface area contributed by atoms with Crippen LogP contribution in [-0.4, -0.2) is 57.9 Å². The van der Waals surface area contributed by atoms with E-state index >= 15 is 0 Å². The summed E-state index contributed by atoms with van der Waals surface area (Å²) in [6.07, 6.45) is 2.51. The SMILES string of the molecule is Cc1ncc(O[C@H]2CCN(C)CC2(C)C)nc1Nc1cc(OC(F)F)n[nH]1. The second-order valence-electron chi connectivity index (χ2n) is 7.39. The molecule has 1 atom stereocenters. The van der Waals surface area contributed by atoms with E-state index in [2.05, 4.69) is 56.0 Å². The minimum absolute atomic E-state index is 0.0158. The van der Waals surface area contributed by atoms with Crippen molar-refractivity contribution in [2.24, 2.45) is 5.41 Å². The molecule has 2 aromatic rings. The molecule has 3 heterocycles. The maximum atomic E-state index is 12.2. The lowest BCUT2D eigenvalue weighted by Gasteiger charge is -2.42. The first-order chi connectivity index (χ1) is 12.7. The van der Waals surface area contributed by atoms with Gasteiger partial charge in [0.1, 0.15) is 11.9 Å². The van der Waals surface area contributed by atoms with E-state index in [1.165, 1.54) is 6.07 Å². The molecule has 1 fully saturated rings. The number of nitrogens with one attached hydrogen (secondary N) is 2. The molecule has 2 aromatic heterocycles. The van der Waals surface area contributed by atoms with Crippen molar-refractivity contribution < 1.29 is 18.3 Å². The summed E-state index contributed by atoms with van der Waals surface area (Å²) >= 11 is 0. The maximum absolute atomic E-state index is 12.2. The fourth-order valence-electron chi connectivity index (χ4n) is 3.22. The van der Waals surface area contributed by atoms with Gasteiger partial charge >= 0.3 is 6.61 Å². The highest BCUT2D eigenvalue weighted by Gasteiger charge is 2.36. The summed E-state index contributed by atoms with van der Waals surface area (Å²) in [5, 5.41) is 9.19. The third-order valence-electron chi connectivity index (χ3n) is 4.54. The quantitative estimate of drug-likeness (QED) is 0.794. The Balaban J connectivity index is 1.72. The van der Waals surface area contributed by atoms with Crippen LogP contribution in [0.2, 0.25) is 0 Å². The number of ether oxygens (including phenoxy) is 2.